The minimum atomic E-state index is -0.362. The van der Waals surface area contributed by atoms with Gasteiger partial charge in [-0.25, -0.2) is 0 Å². The molecule has 0 aliphatic heterocycles. The first-order valence-electron chi connectivity index (χ1n) is 6.14. The molecule has 0 bridgehead atoms. The fourth-order valence-corrected chi connectivity index (χ4v) is 2.61. The van der Waals surface area contributed by atoms with Crippen molar-refractivity contribution in [3.63, 3.8) is 0 Å². The minimum absolute atomic E-state index is 0.0748. The van der Waals surface area contributed by atoms with Crippen LogP contribution in [0.4, 0.5) is 0 Å². The van der Waals surface area contributed by atoms with E-state index in [2.05, 4.69) is 20.4 Å². The molecule has 1 saturated carbocycles. The molecule has 0 aromatic carbocycles. The van der Waals surface area contributed by atoms with Crippen molar-refractivity contribution in [2.75, 3.05) is 0 Å². The van der Waals surface area contributed by atoms with E-state index in [9.17, 15) is 5.11 Å². The minimum Gasteiger partial charge on any atom is -0.391 e. The van der Waals surface area contributed by atoms with Crippen LogP contribution in [0.3, 0.4) is 0 Å². The van der Waals surface area contributed by atoms with E-state index in [1.165, 1.54) is 18.4 Å². The Morgan fingerprint density at radius 2 is 2.13 bits per heavy atom. The zero-order chi connectivity index (χ0) is 11.5. The summed E-state index contributed by atoms with van der Waals surface area (Å²) in [6.45, 7) is 8.42. The standard InChI is InChI=1S/C13H25NO/c1-4-10(2)13(3)9-7-5-6-8-11(15)12(13)14/h11-12,15H,2,4-9,14H2,1,3H3/t11-,12+,13-/m1/s1. The molecule has 0 spiro atoms. The van der Waals surface area contributed by atoms with Crippen molar-refractivity contribution in [1.29, 1.82) is 0 Å². The first-order valence-corrected chi connectivity index (χ1v) is 6.14. The maximum absolute atomic E-state index is 10.00. The lowest BCUT2D eigenvalue weighted by molar-refractivity contribution is 0.0676. The van der Waals surface area contributed by atoms with Gasteiger partial charge in [-0.15, -0.1) is 0 Å². The molecule has 88 valence electrons. The van der Waals surface area contributed by atoms with Crippen LogP contribution in [-0.2, 0) is 0 Å². The molecule has 2 heteroatoms. The summed E-state index contributed by atoms with van der Waals surface area (Å²) < 4.78 is 0. The van der Waals surface area contributed by atoms with Crippen LogP contribution < -0.4 is 5.73 Å². The molecule has 0 amide bonds. The highest BCUT2D eigenvalue weighted by Crippen LogP contribution is 2.39. The van der Waals surface area contributed by atoms with Gasteiger partial charge < -0.3 is 10.8 Å². The van der Waals surface area contributed by atoms with Crippen molar-refractivity contribution in [2.45, 2.75) is 64.5 Å². The predicted molar refractivity (Wildman–Crippen MR) is 64.6 cm³/mol. The smallest absolute Gasteiger partial charge is 0.0699 e. The zero-order valence-electron chi connectivity index (χ0n) is 10.1. The lowest BCUT2D eigenvalue weighted by Crippen LogP contribution is -2.49. The summed E-state index contributed by atoms with van der Waals surface area (Å²) in [6, 6.07) is -0.148. The second-order valence-electron chi connectivity index (χ2n) is 5.07. The van der Waals surface area contributed by atoms with Crippen LogP contribution in [0, 0.1) is 5.41 Å². The van der Waals surface area contributed by atoms with E-state index in [0.717, 1.165) is 25.7 Å². The van der Waals surface area contributed by atoms with E-state index < -0.39 is 0 Å². The third kappa shape index (κ3) is 2.61. The Morgan fingerprint density at radius 1 is 1.47 bits per heavy atom. The van der Waals surface area contributed by atoms with Crippen LogP contribution in [0.25, 0.3) is 0 Å². The number of aliphatic hydroxyl groups excluding tert-OH is 1. The molecule has 0 aromatic rings. The van der Waals surface area contributed by atoms with Crippen LogP contribution in [0.5, 0.6) is 0 Å². The Balaban J connectivity index is 2.84. The molecule has 1 fully saturated rings. The largest absolute Gasteiger partial charge is 0.391 e. The Kier molecular flexibility index (Phi) is 4.35. The third-order valence-corrected chi connectivity index (χ3v) is 4.08. The summed E-state index contributed by atoms with van der Waals surface area (Å²) in [5.41, 5.74) is 7.31. The van der Waals surface area contributed by atoms with Crippen molar-refractivity contribution < 1.29 is 5.11 Å². The molecular formula is C13H25NO. The Bertz CT molecular complexity index is 227. The molecule has 0 radical (unpaired) electrons. The van der Waals surface area contributed by atoms with E-state index in [4.69, 9.17) is 5.73 Å². The Morgan fingerprint density at radius 3 is 2.73 bits per heavy atom. The summed E-state index contributed by atoms with van der Waals surface area (Å²) >= 11 is 0. The second kappa shape index (κ2) is 5.13. The van der Waals surface area contributed by atoms with E-state index in [1.54, 1.807) is 0 Å². The molecule has 3 atom stereocenters. The SMILES string of the molecule is C=C(CC)[C@@]1(C)CCCCC[C@@H](O)[C@@H]1N. The van der Waals surface area contributed by atoms with Crippen molar-refractivity contribution in [2.24, 2.45) is 11.1 Å². The number of hydrogen-bond acceptors (Lipinski definition) is 2. The van der Waals surface area contributed by atoms with E-state index >= 15 is 0 Å². The average Bonchev–Trinajstić information content (AvgIpc) is 2.24. The van der Waals surface area contributed by atoms with Gasteiger partial charge in [0, 0.05) is 11.5 Å². The highest BCUT2D eigenvalue weighted by Gasteiger charge is 2.38. The fraction of sp³-hybridized carbons (Fsp3) is 0.846. The summed E-state index contributed by atoms with van der Waals surface area (Å²) in [4.78, 5) is 0. The molecule has 0 unspecified atom stereocenters. The van der Waals surface area contributed by atoms with Gasteiger partial charge in [-0.05, 0) is 19.3 Å². The quantitative estimate of drug-likeness (QED) is 0.690. The Labute approximate surface area is 93.6 Å². The highest BCUT2D eigenvalue weighted by atomic mass is 16.3. The number of hydrogen-bond donors (Lipinski definition) is 2. The maximum atomic E-state index is 10.00. The van der Waals surface area contributed by atoms with Gasteiger partial charge in [0.2, 0.25) is 0 Å². The molecule has 2 nitrogen and oxygen atoms in total. The van der Waals surface area contributed by atoms with Gasteiger partial charge in [0.15, 0.2) is 0 Å². The number of rotatable bonds is 2. The monoisotopic (exact) mass is 211 g/mol. The summed E-state index contributed by atoms with van der Waals surface area (Å²) in [5, 5.41) is 10.00. The molecule has 0 heterocycles. The van der Waals surface area contributed by atoms with Crippen LogP contribution in [0.1, 0.15) is 52.4 Å². The van der Waals surface area contributed by atoms with Gasteiger partial charge in [-0.1, -0.05) is 45.3 Å². The molecule has 1 rings (SSSR count). The van der Waals surface area contributed by atoms with Gasteiger partial charge in [-0.2, -0.15) is 0 Å². The van der Waals surface area contributed by atoms with E-state index in [-0.39, 0.29) is 17.6 Å². The van der Waals surface area contributed by atoms with Gasteiger partial charge in [0.25, 0.3) is 0 Å². The average molecular weight is 211 g/mol. The molecule has 1 aliphatic rings. The van der Waals surface area contributed by atoms with E-state index in [1.807, 2.05) is 0 Å². The van der Waals surface area contributed by atoms with Crippen LogP contribution in [0.2, 0.25) is 0 Å². The van der Waals surface area contributed by atoms with Crippen molar-refractivity contribution in [3.8, 4) is 0 Å². The lowest BCUT2D eigenvalue weighted by Gasteiger charge is -2.41. The second-order valence-corrected chi connectivity index (χ2v) is 5.07. The van der Waals surface area contributed by atoms with Crippen molar-refractivity contribution in [1.82, 2.24) is 0 Å². The molecule has 0 saturated heterocycles. The fourth-order valence-electron chi connectivity index (χ4n) is 2.61. The molecule has 0 aromatic heterocycles. The molecular weight excluding hydrogens is 186 g/mol. The van der Waals surface area contributed by atoms with Gasteiger partial charge in [-0.3, -0.25) is 0 Å². The first kappa shape index (κ1) is 12.7. The normalized spacial score (nSPS) is 38.1. The molecule has 1 aliphatic carbocycles. The third-order valence-electron chi connectivity index (χ3n) is 4.08. The van der Waals surface area contributed by atoms with E-state index in [0.29, 0.717) is 0 Å². The van der Waals surface area contributed by atoms with Gasteiger partial charge in [0.05, 0.1) is 6.10 Å². The van der Waals surface area contributed by atoms with Crippen LogP contribution in [0.15, 0.2) is 12.2 Å². The van der Waals surface area contributed by atoms with Gasteiger partial charge in [0.1, 0.15) is 0 Å². The summed E-state index contributed by atoms with van der Waals surface area (Å²) in [5.74, 6) is 0. The maximum Gasteiger partial charge on any atom is 0.0699 e. The zero-order valence-corrected chi connectivity index (χ0v) is 10.1. The Hall–Kier alpha value is -0.340. The van der Waals surface area contributed by atoms with Gasteiger partial charge >= 0.3 is 0 Å². The number of aliphatic hydroxyl groups is 1. The topological polar surface area (TPSA) is 46.2 Å². The van der Waals surface area contributed by atoms with Crippen LogP contribution >= 0.6 is 0 Å². The molecule has 15 heavy (non-hydrogen) atoms. The lowest BCUT2D eigenvalue weighted by atomic mass is 9.68. The summed E-state index contributed by atoms with van der Waals surface area (Å²) in [7, 11) is 0. The predicted octanol–water partition coefficient (Wildman–Crippen LogP) is 2.61. The molecule has 3 N–H and O–H groups in total. The number of nitrogens with two attached hydrogens (primary N) is 1. The van der Waals surface area contributed by atoms with Crippen molar-refractivity contribution in [3.05, 3.63) is 12.2 Å². The highest BCUT2D eigenvalue weighted by molar-refractivity contribution is 5.14. The first-order chi connectivity index (χ1) is 7.02. The van der Waals surface area contributed by atoms with Crippen LogP contribution in [-0.4, -0.2) is 17.3 Å². The summed E-state index contributed by atoms with van der Waals surface area (Å²) in [6.07, 6.45) is 6.01. The van der Waals surface area contributed by atoms with Crippen molar-refractivity contribution >= 4 is 0 Å².